The van der Waals surface area contributed by atoms with Crippen LogP contribution in [-0.2, 0) is 0 Å². The van der Waals surface area contributed by atoms with Crippen molar-refractivity contribution in [1.29, 1.82) is 0 Å². The monoisotopic (exact) mass is 383 g/mol. The average Bonchev–Trinajstić information content (AvgIpc) is 2.62. The zero-order valence-corrected chi connectivity index (χ0v) is 19.1. The van der Waals surface area contributed by atoms with Gasteiger partial charge >= 0.3 is 0 Å². The maximum absolute atomic E-state index is 5.01. The highest BCUT2D eigenvalue weighted by molar-refractivity contribution is 7.80. The van der Waals surface area contributed by atoms with Gasteiger partial charge < -0.3 is 5.32 Å². The normalized spacial score (nSPS) is 11.0. The van der Waals surface area contributed by atoms with Crippen molar-refractivity contribution in [3.05, 3.63) is 0 Å². The van der Waals surface area contributed by atoms with Gasteiger partial charge in [0.25, 0.3) is 0 Å². The van der Waals surface area contributed by atoms with E-state index in [2.05, 4.69) is 12.2 Å². The van der Waals surface area contributed by atoms with E-state index in [4.69, 9.17) is 12.2 Å². The quantitative estimate of drug-likeness (QED) is 0.157. The van der Waals surface area contributed by atoms with Gasteiger partial charge in [-0.15, -0.1) is 0 Å². The lowest BCUT2D eigenvalue weighted by Gasteiger charge is -2.05. The van der Waals surface area contributed by atoms with Crippen LogP contribution in [0.25, 0.3) is 0 Å². The predicted molar refractivity (Wildman–Crippen MR) is 124 cm³/mol. The number of hydrogen-bond acceptors (Lipinski definition) is 1. The zero-order valence-electron chi connectivity index (χ0n) is 18.3. The van der Waals surface area contributed by atoms with Crippen molar-refractivity contribution in [2.24, 2.45) is 0 Å². The highest BCUT2D eigenvalue weighted by atomic mass is 32.1. The first-order chi connectivity index (χ1) is 12.8. The minimum absolute atomic E-state index is 0.933. The van der Waals surface area contributed by atoms with Gasteiger partial charge in [-0.2, -0.15) is 0 Å². The minimum atomic E-state index is 0.933. The first-order valence-corrected chi connectivity index (χ1v) is 12.4. The van der Waals surface area contributed by atoms with E-state index in [0.29, 0.717) is 0 Å². The summed E-state index contributed by atoms with van der Waals surface area (Å²) >= 11 is 5.01. The van der Waals surface area contributed by atoms with Crippen LogP contribution in [0, 0.1) is 0 Å². The Kier molecular flexibility index (Phi) is 22.8. The van der Waals surface area contributed by atoms with E-state index >= 15 is 0 Å². The Balaban J connectivity index is 2.98. The van der Waals surface area contributed by atoms with E-state index in [9.17, 15) is 0 Å². The standard InChI is InChI=1S/C24H49NS/c1-3-4-5-6-7-8-9-10-11-12-13-14-15-16-17-18-19-20-21-22-23-25-24(2)26/h3-23H2,1-2H3,(H,25,26). The fourth-order valence-electron chi connectivity index (χ4n) is 3.64. The van der Waals surface area contributed by atoms with Crippen molar-refractivity contribution < 1.29 is 0 Å². The molecule has 156 valence electrons. The lowest BCUT2D eigenvalue weighted by Crippen LogP contribution is -2.18. The first kappa shape index (κ1) is 25.9. The van der Waals surface area contributed by atoms with Gasteiger partial charge in [0.2, 0.25) is 0 Å². The molecule has 0 radical (unpaired) electrons. The summed E-state index contributed by atoms with van der Waals surface area (Å²) in [7, 11) is 0. The van der Waals surface area contributed by atoms with Crippen LogP contribution in [0.4, 0.5) is 0 Å². The molecular formula is C24H49NS. The SMILES string of the molecule is CCCCCCCCCCCCCCCCCCCCCCNC(C)=S. The molecule has 0 aliphatic carbocycles. The summed E-state index contributed by atoms with van der Waals surface area (Å²) in [6.07, 6.45) is 28.8. The highest BCUT2D eigenvalue weighted by Crippen LogP contribution is 2.14. The highest BCUT2D eigenvalue weighted by Gasteiger charge is 1.95. The zero-order chi connectivity index (χ0) is 19.1. The third-order valence-corrected chi connectivity index (χ3v) is 5.55. The van der Waals surface area contributed by atoms with Crippen LogP contribution >= 0.6 is 12.2 Å². The topological polar surface area (TPSA) is 12.0 Å². The Morgan fingerprint density at radius 3 is 1.04 bits per heavy atom. The van der Waals surface area contributed by atoms with Crippen LogP contribution in [0.1, 0.15) is 142 Å². The fourth-order valence-corrected chi connectivity index (χ4v) is 3.75. The molecular weight excluding hydrogens is 334 g/mol. The molecule has 0 aromatic carbocycles. The molecule has 0 amide bonds. The van der Waals surface area contributed by atoms with Crippen LogP contribution in [0.2, 0.25) is 0 Å². The third-order valence-electron chi connectivity index (χ3n) is 5.40. The van der Waals surface area contributed by atoms with E-state index < -0.39 is 0 Å². The predicted octanol–water partition coefficient (Wildman–Crippen LogP) is 8.75. The number of thiocarbonyl (C=S) groups is 1. The van der Waals surface area contributed by atoms with Gasteiger partial charge in [-0.1, -0.05) is 141 Å². The van der Waals surface area contributed by atoms with Crippen molar-refractivity contribution in [1.82, 2.24) is 5.32 Å². The molecule has 0 rings (SSSR count). The van der Waals surface area contributed by atoms with Gasteiger partial charge in [0.15, 0.2) is 0 Å². The number of rotatable bonds is 21. The van der Waals surface area contributed by atoms with Gasteiger partial charge in [-0.3, -0.25) is 0 Å². The van der Waals surface area contributed by atoms with Crippen LogP contribution < -0.4 is 5.32 Å². The molecule has 0 aliphatic rings. The summed E-state index contributed by atoms with van der Waals surface area (Å²) in [5.41, 5.74) is 0. The molecule has 0 fully saturated rings. The van der Waals surface area contributed by atoms with Crippen LogP contribution in [-0.4, -0.2) is 11.5 Å². The molecule has 0 heterocycles. The summed E-state index contributed by atoms with van der Waals surface area (Å²) in [4.78, 5) is 0.933. The second-order valence-corrected chi connectivity index (χ2v) is 8.81. The van der Waals surface area contributed by atoms with Crippen LogP contribution in [0.5, 0.6) is 0 Å². The molecule has 0 unspecified atom stereocenters. The molecule has 0 bridgehead atoms. The second kappa shape index (κ2) is 22.9. The maximum atomic E-state index is 5.01. The van der Waals surface area contributed by atoms with Gasteiger partial charge in [-0.05, 0) is 13.3 Å². The Morgan fingerprint density at radius 2 is 0.769 bits per heavy atom. The molecule has 0 aromatic rings. The van der Waals surface area contributed by atoms with Gasteiger partial charge in [-0.25, -0.2) is 0 Å². The minimum Gasteiger partial charge on any atom is -0.380 e. The Morgan fingerprint density at radius 1 is 0.500 bits per heavy atom. The van der Waals surface area contributed by atoms with Crippen LogP contribution in [0.3, 0.4) is 0 Å². The van der Waals surface area contributed by atoms with E-state index in [-0.39, 0.29) is 0 Å². The van der Waals surface area contributed by atoms with Crippen molar-refractivity contribution in [3.8, 4) is 0 Å². The van der Waals surface area contributed by atoms with Gasteiger partial charge in [0.1, 0.15) is 0 Å². The molecule has 0 saturated heterocycles. The molecule has 1 N–H and O–H groups in total. The van der Waals surface area contributed by atoms with Crippen molar-refractivity contribution in [3.63, 3.8) is 0 Å². The van der Waals surface area contributed by atoms with Gasteiger partial charge in [0.05, 0.1) is 4.99 Å². The molecule has 0 aliphatic heterocycles. The molecule has 0 aromatic heterocycles. The molecule has 0 saturated carbocycles. The molecule has 2 heteroatoms. The van der Waals surface area contributed by atoms with E-state index in [1.54, 1.807) is 0 Å². The van der Waals surface area contributed by atoms with Crippen molar-refractivity contribution in [2.75, 3.05) is 6.54 Å². The Labute approximate surface area is 171 Å². The summed E-state index contributed by atoms with van der Waals surface area (Å²) in [5.74, 6) is 0. The second-order valence-electron chi connectivity index (χ2n) is 8.20. The first-order valence-electron chi connectivity index (χ1n) is 12.0. The van der Waals surface area contributed by atoms with Gasteiger partial charge in [0, 0.05) is 6.54 Å². The average molecular weight is 384 g/mol. The molecule has 26 heavy (non-hydrogen) atoms. The molecule has 1 nitrogen and oxygen atoms in total. The van der Waals surface area contributed by atoms with E-state index in [1.165, 1.54) is 128 Å². The van der Waals surface area contributed by atoms with Crippen LogP contribution in [0.15, 0.2) is 0 Å². The fraction of sp³-hybridized carbons (Fsp3) is 0.958. The molecule has 0 atom stereocenters. The lowest BCUT2D eigenvalue weighted by atomic mass is 10.0. The largest absolute Gasteiger partial charge is 0.380 e. The number of hydrogen-bond donors (Lipinski definition) is 1. The van der Waals surface area contributed by atoms with E-state index in [0.717, 1.165) is 11.5 Å². The van der Waals surface area contributed by atoms with Crippen molar-refractivity contribution >= 4 is 17.2 Å². The third kappa shape index (κ3) is 23.9. The Bertz CT molecular complexity index is 277. The smallest absolute Gasteiger partial charge is 0.0721 e. The summed E-state index contributed by atoms with van der Waals surface area (Å²) in [5, 5.41) is 3.24. The van der Waals surface area contributed by atoms with E-state index in [1.807, 2.05) is 6.92 Å². The summed E-state index contributed by atoms with van der Waals surface area (Å²) < 4.78 is 0. The maximum Gasteiger partial charge on any atom is 0.0721 e. The summed E-state index contributed by atoms with van der Waals surface area (Å²) in [6, 6.07) is 0. The number of nitrogens with one attached hydrogen (secondary N) is 1. The summed E-state index contributed by atoms with van der Waals surface area (Å²) in [6.45, 7) is 5.33. The van der Waals surface area contributed by atoms with Crippen molar-refractivity contribution in [2.45, 2.75) is 142 Å². The number of unbranched alkanes of at least 4 members (excludes halogenated alkanes) is 19. The Hall–Kier alpha value is -0.110. The molecule has 0 spiro atoms. The lowest BCUT2D eigenvalue weighted by molar-refractivity contribution is 0.521.